The topological polar surface area (TPSA) is 51.9 Å². The largest absolute Gasteiger partial charge is 0.469 e. The molecule has 1 atom stereocenters. The van der Waals surface area contributed by atoms with E-state index in [1.165, 1.54) is 7.11 Å². The third kappa shape index (κ3) is 3.58. The van der Waals surface area contributed by atoms with Crippen molar-refractivity contribution < 1.29 is 18.7 Å². The zero-order valence-corrected chi connectivity index (χ0v) is 11.6. The highest BCUT2D eigenvalue weighted by atomic mass is 16.5. The van der Waals surface area contributed by atoms with Crippen molar-refractivity contribution in [3.8, 4) is 0 Å². The summed E-state index contributed by atoms with van der Waals surface area (Å²) in [5.74, 6) is 1.72. The van der Waals surface area contributed by atoms with Crippen molar-refractivity contribution in [3.05, 3.63) is 23.7 Å². The normalized spacial score (nSPS) is 20.4. The summed E-state index contributed by atoms with van der Waals surface area (Å²) in [6.45, 7) is 4.85. The van der Waals surface area contributed by atoms with Gasteiger partial charge in [0.05, 0.1) is 32.8 Å². The summed E-state index contributed by atoms with van der Waals surface area (Å²) < 4.78 is 16.0. The minimum Gasteiger partial charge on any atom is -0.469 e. The zero-order chi connectivity index (χ0) is 13.7. The number of ether oxygens (including phenoxy) is 2. The van der Waals surface area contributed by atoms with Gasteiger partial charge in [-0.1, -0.05) is 6.92 Å². The summed E-state index contributed by atoms with van der Waals surface area (Å²) in [4.78, 5) is 13.5. The van der Waals surface area contributed by atoms with Crippen LogP contribution in [0.1, 0.15) is 30.9 Å². The van der Waals surface area contributed by atoms with Crippen molar-refractivity contribution in [1.29, 1.82) is 0 Å². The number of carbonyl (C=O) groups is 1. The van der Waals surface area contributed by atoms with Crippen LogP contribution in [0.25, 0.3) is 0 Å². The molecule has 1 unspecified atom stereocenters. The smallest absolute Gasteiger partial charge is 0.306 e. The van der Waals surface area contributed by atoms with Crippen molar-refractivity contribution in [2.75, 3.05) is 33.4 Å². The minimum absolute atomic E-state index is 0.0960. The number of aryl methyl sites for hydroxylation is 1. The molecule has 0 amide bonds. The van der Waals surface area contributed by atoms with Gasteiger partial charge < -0.3 is 13.9 Å². The Hall–Kier alpha value is -1.33. The fourth-order valence-electron chi connectivity index (χ4n) is 2.27. The number of furan rings is 1. The van der Waals surface area contributed by atoms with Gasteiger partial charge in [-0.25, -0.2) is 0 Å². The van der Waals surface area contributed by atoms with Crippen LogP contribution in [0, 0.1) is 0 Å². The second-order valence-corrected chi connectivity index (χ2v) is 4.61. The molecule has 1 aromatic rings. The first-order valence-electron chi connectivity index (χ1n) is 6.71. The lowest BCUT2D eigenvalue weighted by molar-refractivity contribution is -0.141. The number of morpholine rings is 1. The second kappa shape index (κ2) is 6.73. The standard InChI is InChI=1S/C14H21NO4/c1-3-11-4-5-13(19-11)12-10-18-9-8-15(12)7-6-14(16)17-2/h4-5,12H,3,6-10H2,1-2H3. The van der Waals surface area contributed by atoms with Gasteiger partial charge in [0, 0.05) is 19.5 Å². The van der Waals surface area contributed by atoms with Gasteiger partial charge in [-0.3, -0.25) is 9.69 Å². The molecular weight excluding hydrogens is 246 g/mol. The first-order chi connectivity index (χ1) is 9.24. The van der Waals surface area contributed by atoms with Crippen LogP contribution in [0.2, 0.25) is 0 Å². The van der Waals surface area contributed by atoms with Crippen LogP contribution >= 0.6 is 0 Å². The van der Waals surface area contributed by atoms with Crippen LogP contribution in [-0.2, 0) is 20.7 Å². The molecule has 2 rings (SSSR count). The van der Waals surface area contributed by atoms with E-state index in [4.69, 9.17) is 9.15 Å². The third-order valence-corrected chi connectivity index (χ3v) is 3.43. The number of hydrogen-bond acceptors (Lipinski definition) is 5. The van der Waals surface area contributed by atoms with Crippen molar-refractivity contribution in [2.24, 2.45) is 0 Å². The fourth-order valence-corrected chi connectivity index (χ4v) is 2.27. The van der Waals surface area contributed by atoms with Crippen LogP contribution in [0.4, 0.5) is 0 Å². The van der Waals surface area contributed by atoms with Crippen LogP contribution in [0.5, 0.6) is 0 Å². The zero-order valence-electron chi connectivity index (χ0n) is 11.6. The molecule has 1 saturated heterocycles. The van der Waals surface area contributed by atoms with Gasteiger partial charge in [-0.05, 0) is 12.1 Å². The monoisotopic (exact) mass is 267 g/mol. The number of esters is 1. The van der Waals surface area contributed by atoms with E-state index < -0.39 is 0 Å². The predicted octanol–water partition coefficient (Wildman–Crippen LogP) is 1.78. The SMILES string of the molecule is CCc1ccc(C2COCCN2CCC(=O)OC)o1. The summed E-state index contributed by atoms with van der Waals surface area (Å²) in [6, 6.07) is 4.10. The Bertz CT molecular complexity index is 415. The Labute approximate surface area is 113 Å². The van der Waals surface area contributed by atoms with E-state index in [0.29, 0.717) is 26.2 Å². The van der Waals surface area contributed by atoms with E-state index in [2.05, 4.69) is 16.6 Å². The molecule has 1 aliphatic heterocycles. The minimum atomic E-state index is -0.182. The molecule has 0 aliphatic carbocycles. The van der Waals surface area contributed by atoms with Crippen LogP contribution in [0.3, 0.4) is 0 Å². The average molecular weight is 267 g/mol. The Morgan fingerprint density at radius 2 is 2.37 bits per heavy atom. The molecule has 1 aliphatic rings. The number of carbonyl (C=O) groups excluding carboxylic acids is 1. The number of rotatable bonds is 5. The van der Waals surface area contributed by atoms with Gasteiger partial charge in [-0.15, -0.1) is 0 Å². The molecule has 19 heavy (non-hydrogen) atoms. The molecule has 0 saturated carbocycles. The average Bonchev–Trinajstić information content (AvgIpc) is 2.93. The van der Waals surface area contributed by atoms with Crippen LogP contribution in [-0.4, -0.2) is 44.3 Å². The highest BCUT2D eigenvalue weighted by Crippen LogP contribution is 2.26. The van der Waals surface area contributed by atoms with Crippen molar-refractivity contribution in [3.63, 3.8) is 0 Å². The highest BCUT2D eigenvalue weighted by Gasteiger charge is 2.27. The van der Waals surface area contributed by atoms with E-state index in [1.54, 1.807) is 0 Å². The molecule has 0 aromatic carbocycles. The van der Waals surface area contributed by atoms with Gasteiger partial charge in [0.25, 0.3) is 0 Å². The van der Waals surface area contributed by atoms with Crippen molar-refractivity contribution >= 4 is 5.97 Å². The summed E-state index contributed by atoms with van der Waals surface area (Å²) in [6.07, 6.45) is 1.28. The van der Waals surface area contributed by atoms with E-state index in [9.17, 15) is 4.79 Å². The maximum atomic E-state index is 11.2. The quantitative estimate of drug-likeness (QED) is 0.761. The molecule has 0 bridgehead atoms. The number of methoxy groups -OCH3 is 1. The predicted molar refractivity (Wildman–Crippen MR) is 69.9 cm³/mol. The number of hydrogen-bond donors (Lipinski definition) is 0. The first kappa shape index (κ1) is 14.1. The maximum absolute atomic E-state index is 11.2. The number of nitrogens with zero attached hydrogens (tertiary/aromatic N) is 1. The van der Waals surface area contributed by atoms with Gasteiger partial charge >= 0.3 is 5.97 Å². The molecule has 2 heterocycles. The van der Waals surface area contributed by atoms with E-state index in [0.717, 1.165) is 24.5 Å². The molecule has 106 valence electrons. The Kier molecular flexibility index (Phi) is 4.99. The van der Waals surface area contributed by atoms with Crippen molar-refractivity contribution in [2.45, 2.75) is 25.8 Å². The lowest BCUT2D eigenvalue weighted by atomic mass is 10.1. The highest BCUT2D eigenvalue weighted by molar-refractivity contribution is 5.69. The summed E-state index contributed by atoms with van der Waals surface area (Å²) in [5, 5.41) is 0. The maximum Gasteiger partial charge on any atom is 0.306 e. The Balaban J connectivity index is 2.00. The van der Waals surface area contributed by atoms with Gasteiger partial charge in [0.15, 0.2) is 0 Å². The van der Waals surface area contributed by atoms with E-state index >= 15 is 0 Å². The molecule has 1 fully saturated rings. The molecular formula is C14H21NO4. The Morgan fingerprint density at radius 1 is 1.53 bits per heavy atom. The molecule has 0 N–H and O–H groups in total. The van der Waals surface area contributed by atoms with Gasteiger partial charge in [-0.2, -0.15) is 0 Å². The van der Waals surface area contributed by atoms with Crippen LogP contribution in [0.15, 0.2) is 16.5 Å². The molecule has 0 spiro atoms. The molecule has 5 nitrogen and oxygen atoms in total. The summed E-state index contributed by atoms with van der Waals surface area (Å²) >= 11 is 0. The van der Waals surface area contributed by atoms with Gasteiger partial charge in [0.2, 0.25) is 0 Å². The Morgan fingerprint density at radius 3 is 3.05 bits per heavy atom. The van der Waals surface area contributed by atoms with E-state index in [1.807, 2.05) is 12.1 Å². The second-order valence-electron chi connectivity index (χ2n) is 4.61. The van der Waals surface area contributed by atoms with Gasteiger partial charge in [0.1, 0.15) is 11.5 Å². The van der Waals surface area contributed by atoms with Crippen molar-refractivity contribution in [1.82, 2.24) is 4.90 Å². The lowest BCUT2D eigenvalue weighted by Gasteiger charge is -2.34. The molecule has 5 heteroatoms. The van der Waals surface area contributed by atoms with E-state index in [-0.39, 0.29) is 12.0 Å². The summed E-state index contributed by atoms with van der Waals surface area (Å²) in [7, 11) is 1.42. The molecule has 0 radical (unpaired) electrons. The first-order valence-corrected chi connectivity index (χ1v) is 6.71. The van der Waals surface area contributed by atoms with Crippen LogP contribution < -0.4 is 0 Å². The summed E-state index contributed by atoms with van der Waals surface area (Å²) in [5.41, 5.74) is 0. The fraction of sp³-hybridized carbons (Fsp3) is 0.643. The third-order valence-electron chi connectivity index (χ3n) is 3.43. The molecule has 1 aromatic heterocycles. The lowest BCUT2D eigenvalue weighted by Crippen LogP contribution is -2.40.